The molecule has 0 spiro atoms. The molecular formula is C15H29N2O8P. The molecule has 0 amide bonds. The van der Waals surface area contributed by atoms with Crippen LogP contribution in [0.1, 0.15) is 45.9 Å². The van der Waals surface area contributed by atoms with Crippen LogP contribution in [0.4, 0.5) is 0 Å². The van der Waals surface area contributed by atoms with Gasteiger partial charge in [-0.2, -0.15) is 0 Å². The Morgan fingerprint density at radius 2 is 1.92 bits per heavy atom. The summed E-state index contributed by atoms with van der Waals surface area (Å²) in [6.45, 7) is 9.15. The molecule has 11 heteroatoms. The fourth-order valence-electron chi connectivity index (χ4n) is 2.06. The Morgan fingerprint density at radius 3 is 2.46 bits per heavy atom. The van der Waals surface area contributed by atoms with E-state index in [1.165, 1.54) is 13.1 Å². The van der Waals surface area contributed by atoms with Gasteiger partial charge in [-0.05, 0) is 6.92 Å². The first-order valence-electron chi connectivity index (χ1n) is 8.42. The van der Waals surface area contributed by atoms with Crippen LogP contribution >= 0.6 is 7.82 Å². The van der Waals surface area contributed by atoms with Crippen molar-refractivity contribution in [1.82, 2.24) is 9.55 Å². The number of nitrogens with zero attached hydrogens (tertiary/aromatic N) is 1. The Bertz CT molecular complexity index is 702. The fourth-order valence-corrected chi connectivity index (χ4v) is 2.50. The monoisotopic (exact) mass is 396 g/mol. The smallest absolute Gasteiger partial charge is 0.390 e. The molecule has 1 aliphatic heterocycles. The number of phosphoric acid groups is 1. The Hall–Kier alpha value is -1.29. The fraction of sp³-hybridized carbons (Fsp3) is 0.733. The summed E-state index contributed by atoms with van der Waals surface area (Å²) in [5, 5.41) is 9.90. The summed E-state index contributed by atoms with van der Waals surface area (Å²) < 4.78 is 26.7. The third-order valence-corrected chi connectivity index (χ3v) is 4.23. The topological polar surface area (TPSA) is 140 Å². The van der Waals surface area contributed by atoms with E-state index in [1.807, 2.05) is 27.7 Å². The standard InChI is InChI=1S/C11H17N2O8P.2C2H6/c1-6-4-13(11(16)12-10(6)15)9-3-7(14)8(21-9)5-20-22(17,18)19-2;2*1-2/h4,7-9,14H,3,5H2,1-2H3,(H,17,18)(H,12,15,16);2*1-2H3. The van der Waals surface area contributed by atoms with Crippen molar-refractivity contribution < 1.29 is 28.3 Å². The van der Waals surface area contributed by atoms with Gasteiger partial charge < -0.3 is 14.7 Å². The lowest BCUT2D eigenvalue weighted by atomic mass is 10.2. The second kappa shape index (κ2) is 11.4. The van der Waals surface area contributed by atoms with Crippen molar-refractivity contribution in [3.63, 3.8) is 0 Å². The normalized spacial score (nSPS) is 23.9. The van der Waals surface area contributed by atoms with Gasteiger partial charge in [0.15, 0.2) is 0 Å². The highest BCUT2D eigenvalue weighted by atomic mass is 31.2. The molecule has 1 aliphatic rings. The molecule has 1 aromatic rings. The Morgan fingerprint density at radius 1 is 1.35 bits per heavy atom. The minimum atomic E-state index is -4.18. The van der Waals surface area contributed by atoms with Crippen molar-refractivity contribution in [2.24, 2.45) is 0 Å². The van der Waals surface area contributed by atoms with Gasteiger partial charge in [-0.1, -0.05) is 27.7 Å². The van der Waals surface area contributed by atoms with Crippen LogP contribution < -0.4 is 11.2 Å². The first kappa shape index (κ1) is 24.7. The first-order valence-corrected chi connectivity index (χ1v) is 9.91. The molecule has 0 radical (unpaired) electrons. The quantitative estimate of drug-likeness (QED) is 0.633. The number of ether oxygens (including phenoxy) is 1. The van der Waals surface area contributed by atoms with Gasteiger partial charge in [0.25, 0.3) is 5.56 Å². The summed E-state index contributed by atoms with van der Waals surface area (Å²) in [5.74, 6) is 0. The van der Waals surface area contributed by atoms with Gasteiger partial charge in [0.05, 0.1) is 12.7 Å². The predicted molar refractivity (Wildman–Crippen MR) is 96.1 cm³/mol. The highest BCUT2D eigenvalue weighted by molar-refractivity contribution is 7.47. The maximum atomic E-state index is 11.8. The van der Waals surface area contributed by atoms with Crippen LogP contribution in [0.3, 0.4) is 0 Å². The highest BCUT2D eigenvalue weighted by Crippen LogP contribution is 2.43. The number of aliphatic hydroxyl groups is 1. The van der Waals surface area contributed by atoms with Crippen LogP contribution in [0.5, 0.6) is 0 Å². The number of rotatable bonds is 5. The zero-order valence-electron chi connectivity index (χ0n) is 16.0. The van der Waals surface area contributed by atoms with Crippen molar-refractivity contribution in [2.45, 2.75) is 59.5 Å². The molecule has 0 saturated carbocycles. The van der Waals surface area contributed by atoms with Gasteiger partial charge in [-0.25, -0.2) is 9.36 Å². The summed E-state index contributed by atoms with van der Waals surface area (Å²) in [6.07, 6.45) is -1.32. The van der Waals surface area contributed by atoms with E-state index < -0.39 is 37.5 Å². The summed E-state index contributed by atoms with van der Waals surface area (Å²) in [4.78, 5) is 34.4. The molecule has 0 bridgehead atoms. The molecule has 152 valence electrons. The molecule has 26 heavy (non-hydrogen) atoms. The molecule has 2 rings (SSSR count). The average molecular weight is 396 g/mol. The number of aryl methyl sites for hydroxylation is 1. The maximum absolute atomic E-state index is 11.8. The number of nitrogens with one attached hydrogen (secondary N) is 1. The lowest BCUT2D eigenvalue weighted by molar-refractivity contribution is -0.0458. The van der Waals surface area contributed by atoms with Crippen molar-refractivity contribution >= 4 is 7.82 Å². The van der Waals surface area contributed by atoms with Crippen molar-refractivity contribution in [3.8, 4) is 0 Å². The molecule has 1 fully saturated rings. The van der Waals surface area contributed by atoms with Gasteiger partial charge in [0, 0.05) is 25.3 Å². The molecule has 0 aromatic carbocycles. The Labute approximate surface area is 152 Å². The van der Waals surface area contributed by atoms with E-state index in [-0.39, 0.29) is 13.0 Å². The molecule has 1 saturated heterocycles. The summed E-state index contributed by atoms with van der Waals surface area (Å²) in [5.41, 5.74) is -0.850. The zero-order valence-corrected chi connectivity index (χ0v) is 16.9. The van der Waals surface area contributed by atoms with Crippen LogP contribution in [-0.2, 0) is 18.3 Å². The summed E-state index contributed by atoms with van der Waals surface area (Å²) in [6, 6.07) is 0. The largest absolute Gasteiger partial charge is 0.472 e. The lowest BCUT2D eigenvalue weighted by Gasteiger charge is -2.17. The van der Waals surface area contributed by atoms with E-state index in [4.69, 9.17) is 9.63 Å². The number of aromatic nitrogens is 2. The van der Waals surface area contributed by atoms with Gasteiger partial charge in [-0.15, -0.1) is 0 Å². The molecule has 1 aromatic heterocycles. The second-order valence-corrected chi connectivity index (χ2v) is 6.42. The van der Waals surface area contributed by atoms with Crippen molar-refractivity contribution in [1.29, 1.82) is 0 Å². The number of H-pyrrole nitrogens is 1. The van der Waals surface area contributed by atoms with E-state index >= 15 is 0 Å². The summed E-state index contributed by atoms with van der Waals surface area (Å²) >= 11 is 0. The van der Waals surface area contributed by atoms with Crippen LogP contribution in [-0.4, -0.2) is 45.5 Å². The Kier molecular flexibility index (Phi) is 10.9. The zero-order chi connectivity index (χ0) is 20.5. The molecule has 10 nitrogen and oxygen atoms in total. The predicted octanol–water partition coefficient (Wildman–Crippen LogP) is 1.31. The molecule has 0 aliphatic carbocycles. The van der Waals surface area contributed by atoms with Crippen LogP contribution in [0.2, 0.25) is 0 Å². The van der Waals surface area contributed by atoms with Crippen molar-refractivity contribution in [3.05, 3.63) is 32.6 Å². The molecule has 3 N–H and O–H groups in total. The van der Waals surface area contributed by atoms with Crippen LogP contribution in [0.15, 0.2) is 15.8 Å². The van der Waals surface area contributed by atoms with Gasteiger partial charge in [0.1, 0.15) is 12.3 Å². The van der Waals surface area contributed by atoms with Crippen LogP contribution in [0.25, 0.3) is 0 Å². The number of hydrogen-bond donors (Lipinski definition) is 3. The first-order chi connectivity index (χ1) is 12.2. The average Bonchev–Trinajstić information content (AvgIpc) is 3.00. The summed E-state index contributed by atoms with van der Waals surface area (Å²) in [7, 11) is -3.16. The number of phosphoric ester groups is 1. The second-order valence-electron chi connectivity index (χ2n) is 4.86. The van der Waals surface area contributed by atoms with E-state index in [0.29, 0.717) is 5.56 Å². The lowest BCUT2D eigenvalue weighted by Crippen LogP contribution is -2.33. The number of aliphatic hydroxyl groups excluding tert-OH is 1. The van der Waals surface area contributed by atoms with E-state index in [9.17, 15) is 19.3 Å². The SMILES string of the molecule is CC.CC.COP(=O)(O)OCC1OC(n2cc(C)c(=O)[nH]c2=O)CC1O. The highest BCUT2D eigenvalue weighted by Gasteiger charge is 2.37. The number of aromatic amines is 1. The molecule has 4 unspecified atom stereocenters. The van der Waals surface area contributed by atoms with Crippen molar-refractivity contribution in [2.75, 3.05) is 13.7 Å². The maximum Gasteiger partial charge on any atom is 0.472 e. The molecular weight excluding hydrogens is 367 g/mol. The minimum absolute atomic E-state index is 0.0716. The minimum Gasteiger partial charge on any atom is -0.390 e. The number of hydrogen-bond acceptors (Lipinski definition) is 7. The third kappa shape index (κ3) is 6.79. The third-order valence-electron chi connectivity index (χ3n) is 3.29. The van der Waals surface area contributed by atoms with E-state index in [1.54, 1.807) is 0 Å². The van der Waals surface area contributed by atoms with E-state index in [2.05, 4.69) is 14.0 Å². The molecule has 2 heterocycles. The van der Waals surface area contributed by atoms with Gasteiger partial charge in [0.2, 0.25) is 0 Å². The van der Waals surface area contributed by atoms with Gasteiger partial charge >= 0.3 is 13.5 Å². The molecule has 4 atom stereocenters. The Balaban J connectivity index is 0.00000146. The van der Waals surface area contributed by atoms with E-state index in [0.717, 1.165) is 11.7 Å². The van der Waals surface area contributed by atoms with Crippen LogP contribution in [0, 0.1) is 6.92 Å². The van der Waals surface area contributed by atoms with Gasteiger partial charge in [-0.3, -0.25) is 23.4 Å².